The lowest BCUT2D eigenvalue weighted by molar-refractivity contribution is -0.449. The summed E-state index contributed by atoms with van der Waals surface area (Å²) in [7, 11) is -0.246. The zero-order chi connectivity index (χ0) is 28.5. The van der Waals surface area contributed by atoms with Gasteiger partial charge < -0.3 is 18.6 Å². The Morgan fingerprint density at radius 1 is 0.629 bits per heavy atom. The Morgan fingerprint density at radius 2 is 0.971 bits per heavy atom. The summed E-state index contributed by atoms with van der Waals surface area (Å²) in [6, 6.07) is -0.328. The van der Waals surface area contributed by atoms with Crippen molar-refractivity contribution >= 4 is 14.7 Å². The second kappa shape index (κ2) is 10.1. The number of carbonyl (C=O) groups is 1. The molecule has 35 heavy (non-hydrogen) atoms. The van der Waals surface area contributed by atoms with Gasteiger partial charge in [-0.1, -0.05) is 0 Å². The molecular weight excluding hydrogens is 559 g/mol. The van der Waals surface area contributed by atoms with Gasteiger partial charge in [0.15, 0.2) is 0 Å². The van der Waals surface area contributed by atoms with Gasteiger partial charge in [0.05, 0.1) is 0 Å². The molecule has 5 nitrogen and oxygen atoms in total. The molecule has 0 heterocycles. The second-order valence-corrected chi connectivity index (χ2v) is 9.69. The lowest BCUT2D eigenvalue weighted by Crippen LogP contribution is -2.74. The van der Waals surface area contributed by atoms with E-state index in [9.17, 15) is 70.7 Å². The summed E-state index contributed by atoms with van der Waals surface area (Å²) in [5, 5.41) is 0.883. The van der Waals surface area contributed by atoms with Crippen molar-refractivity contribution < 1.29 is 83.9 Å². The predicted octanol–water partition coefficient (Wildman–Crippen LogP) is 4.74. The summed E-state index contributed by atoms with van der Waals surface area (Å²) in [6.07, 6.45) is -8.21. The Balaban J connectivity index is 5.96. The molecule has 0 aliphatic carbocycles. The number of alkyl halides is 15. The molecule has 0 saturated heterocycles. The van der Waals surface area contributed by atoms with Crippen molar-refractivity contribution in [2.75, 3.05) is 27.9 Å². The van der Waals surface area contributed by atoms with E-state index in [2.05, 4.69) is 0 Å². The highest BCUT2D eigenvalue weighted by Gasteiger charge is 2.94. The number of rotatable bonds is 13. The Labute approximate surface area is 187 Å². The topological polar surface area (TPSA) is 56.8 Å². The van der Waals surface area contributed by atoms with E-state index in [1.54, 1.807) is 0 Å². The Bertz CT molecular complexity index is 731. The molecule has 0 saturated carbocycles. The van der Waals surface area contributed by atoms with Gasteiger partial charge in [-0.3, -0.25) is 4.79 Å². The van der Waals surface area contributed by atoms with Gasteiger partial charge in [-0.05, 0) is 6.42 Å². The molecule has 0 aliphatic heterocycles. The highest BCUT2D eigenvalue weighted by atomic mass is 28.4. The van der Waals surface area contributed by atoms with Crippen molar-refractivity contribution in [3.8, 4) is 0 Å². The smallest absolute Gasteiger partial charge is 0.377 e. The largest absolute Gasteiger partial charge is 0.500 e. The first kappa shape index (κ1) is 33.5. The van der Waals surface area contributed by atoms with Gasteiger partial charge in [-0.15, -0.1) is 0 Å². The monoisotopic (exact) mass is 575 g/mol. The molecule has 0 aromatic heterocycles. The number of nitrogens with one attached hydrogen (secondary N) is 1. The molecule has 0 spiro atoms. The molecular formula is C14H16F15NO4Si. The molecule has 0 radical (unpaired) electrons. The molecule has 21 heteroatoms. The van der Waals surface area contributed by atoms with Crippen molar-refractivity contribution in [3.63, 3.8) is 0 Å². The fourth-order valence-corrected chi connectivity index (χ4v) is 4.01. The predicted molar refractivity (Wildman–Crippen MR) is 85.0 cm³/mol. The van der Waals surface area contributed by atoms with E-state index in [1.807, 2.05) is 0 Å². The summed E-state index contributed by atoms with van der Waals surface area (Å²) in [4.78, 5) is 11.3. The minimum absolute atomic E-state index is 0.328. The van der Waals surface area contributed by atoms with Crippen LogP contribution in [0.5, 0.6) is 0 Å². The minimum Gasteiger partial charge on any atom is -0.377 e. The maximum atomic E-state index is 13.7. The second-order valence-electron chi connectivity index (χ2n) is 6.60. The third-order valence-electron chi connectivity index (χ3n) is 4.49. The van der Waals surface area contributed by atoms with Crippen molar-refractivity contribution in [2.24, 2.45) is 0 Å². The summed E-state index contributed by atoms with van der Waals surface area (Å²) in [5.74, 6) is -51.6. The molecule has 0 aliphatic rings. The summed E-state index contributed by atoms with van der Waals surface area (Å²) in [5.41, 5.74) is 0. The number of amides is 1. The standard InChI is InChI=1S/C14H16F15NO4Si/c1-32-35(33-2,34-3)6-4-5-30-7(31)8(15,16)9(17,18)10(19,20)11(21,22)12(23,24)13(25,26)14(27,28)29/h4-6H2,1-3H3,(H,30,31). The van der Waals surface area contributed by atoms with E-state index in [1.165, 1.54) is 0 Å². The molecule has 0 fully saturated rings. The third-order valence-corrected chi connectivity index (χ3v) is 7.32. The van der Waals surface area contributed by atoms with E-state index < -0.39 is 69.4 Å². The Hall–Kier alpha value is -1.48. The van der Waals surface area contributed by atoms with E-state index in [4.69, 9.17) is 13.3 Å². The van der Waals surface area contributed by atoms with Crippen LogP contribution in [-0.2, 0) is 18.1 Å². The van der Waals surface area contributed by atoms with Crippen LogP contribution in [0.15, 0.2) is 0 Å². The van der Waals surface area contributed by atoms with Crippen LogP contribution >= 0.6 is 0 Å². The first-order valence-corrected chi connectivity index (χ1v) is 10.5. The van der Waals surface area contributed by atoms with Crippen molar-refractivity contribution in [2.45, 2.75) is 54.2 Å². The van der Waals surface area contributed by atoms with Gasteiger partial charge in [0.25, 0.3) is 5.91 Å². The molecule has 0 rings (SSSR count). The van der Waals surface area contributed by atoms with Gasteiger partial charge >= 0.3 is 50.5 Å². The number of hydrogen-bond donors (Lipinski definition) is 1. The van der Waals surface area contributed by atoms with Crippen LogP contribution in [0.4, 0.5) is 65.9 Å². The maximum absolute atomic E-state index is 13.7. The summed E-state index contributed by atoms with van der Waals surface area (Å²) in [6.45, 7) is -1.10. The lowest BCUT2D eigenvalue weighted by Gasteiger charge is -2.41. The van der Waals surface area contributed by atoms with Crippen LogP contribution in [0.1, 0.15) is 6.42 Å². The summed E-state index contributed by atoms with van der Waals surface area (Å²) < 4.78 is 211. The number of carbonyl (C=O) groups excluding carboxylic acids is 1. The van der Waals surface area contributed by atoms with Crippen LogP contribution in [-0.4, -0.2) is 84.3 Å². The van der Waals surface area contributed by atoms with Crippen LogP contribution in [0.2, 0.25) is 6.04 Å². The van der Waals surface area contributed by atoms with Crippen LogP contribution < -0.4 is 5.32 Å². The minimum atomic E-state index is -8.45. The fraction of sp³-hybridized carbons (Fsp3) is 0.929. The number of halogens is 15. The molecule has 1 amide bonds. The average Bonchev–Trinajstić information content (AvgIpc) is 2.72. The highest BCUT2D eigenvalue weighted by Crippen LogP contribution is 2.62. The quantitative estimate of drug-likeness (QED) is 0.196. The Kier molecular flexibility index (Phi) is 9.68. The molecule has 0 aromatic rings. The van der Waals surface area contributed by atoms with Crippen LogP contribution in [0.3, 0.4) is 0 Å². The molecule has 210 valence electrons. The van der Waals surface area contributed by atoms with Crippen LogP contribution in [0, 0.1) is 0 Å². The van der Waals surface area contributed by atoms with E-state index >= 15 is 0 Å². The first-order chi connectivity index (χ1) is 15.3. The summed E-state index contributed by atoms with van der Waals surface area (Å²) >= 11 is 0. The maximum Gasteiger partial charge on any atom is 0.500 e. The van der Waals surface area contributed by atoms with E-state index in [0.29, 0.717) is 0 Å². The van der Waals surface area contributed by atoms with E-state index in [0.717, 1.165) is 26.6 Å². The van der Waals surface area contributed by atoms with Crippen molar-refractivity contribution in [3.05, 3.63) is 0 Å². The third kappa shape index (κ3) is 5.31. The zero-order valence-corrected chi connectivity index (χ0v) is 18.4. The van der Waals surface area contributed by atoms with Gasteiger partial charge in [0.2, 0.25) is 0 Å². The molecule has 1 N–H and O–H groups in total. The zero-order valence-electron chi connectivity index (χ0n) is 17.4. The SMILES string of the molecule is CO[Si](CCCNC(=O)C(F)(F)C(F)(F)C(F)(F)C(F)(F)C(F)(F)C(F)(F)C(F)(F)F)(OC)OC. The van der Waals surface area contributed by atoms with E-state index in [-0.39, 0.29) is 6.04 Å². The fourth-order valence-electron chi connectivity index (χ4n) is 2.28. The molecule has 0 bridgehead atoms. The van der Waals surface area contributed by atoms with Gasteiger partial charge in [0.1, 0.15) is 0 Å². The molecule has 0 aromatic carbocycles. The number of hydrogen-bond acceptors (Lipinski definition) is 4. The van der Waals surface area contributed by atoms with Crippen molar-refractivity contribution in [1.29, 1.82) is 0 Å². The van der Waals surface area contributed by atoms with Crippen LogP contribution in [0.25, 0.3) is 0 Å². The normalized spacial score (nSPS) is 15.4. The lowest BCUT2D eigenvalue weighted by atomic mass is 9.91. The Morgan fingerprint density at radius 3 is 1.31 bits per heavy atom. The molecule has 0 unspecified atom stereocenters. The van der Waals surface area contributed by atoms with Gasteiger partial charge in [0, 0.05) is 33.9 Å². The first-order valence-electron chi connectivity index (χ1n) is 8.58. The molecule has 0 atom stereocenters. The van der Waals surface area contributed by atoms with Gasteiger partial charge in [-0.2, -0.15) is 65.9 Å². The van der Waals surface area contributed by atoms with Crippen molar-refractivity contribution in [1.82, 2.24) is 5.32 Å². The van der Waals surface area contributed by atoms with Gasteiger partial charge in [-0.25, -0.2) is 0 Å². The average molecular weight is 575 g/mol. The highest BCUT2D eigenvalue weighted by molar-refractivity contribution is 6.60.